The van der Waals surface area contributed by atoms with Crippen molar-refractivity contribution in [3.05, 3.63) is 83.0 Å². The van der Waals surface area contributed by atoms with Gasteiger partial charge in [0.25, 0.3) is 5.91 Å². The summed E-state index contributed by atoms with van der Waals surface area (Å²) in [6.45, 7) is 6.07. The van der Waals surface area contributed by atoms with Crippen LogP contribution >= 0.6 is 0 Å². The average molecular weight is 471 g/mol. The maximum absolute atomic E-state index is 13.2. The number of amides is 1. The maximum Gasteiger partial charge on any atom is 0.255 e. The number of nitrogen functional groups attached to an aromatic ring is 1. The summed E-state index contributed by atoms with van der Waals surface area (Å²) >= 11 is 0. The number of ether oxygens (including phenoxy) is 1. The molecule has 35 heavy (non-hydrogen) atoms. The summed E-state index contributed by atoms with van der Waals surface area (Å²) < 4.78 is 12.1. The van der Waals surface area contributed by atoms with Gasteiger partial charge in [-0.3, -0.25) is 4.79 Å². The first-order chi connectivity index (χ1) is 17.0. The highest BCUT2D eigenvalue weighted by Crippen LogP contribution is 2.29. The van der Waals surface area contributed by atoms with Crippen molar-refractivity contribution in [3.8, 4) is 11.3 Å². The number of aryl methyl sites for hydroxylation is 2. The van der Waals surface area contributed by atoms with E-state index in [0.29, 0.717) is 36.6 Å². The third-order valence-electron chi connectivity index (χ3n) is 6.61. The number of hydrogen-bond donors (Lipinski definition) is 3. The minimum absolute atomic E-state index is 0.141. The molecule has 1 amide bonds. The molecule has 4 aromatic rings. The van der Waals surface area contributed by atoms with E-state index in [1.54, 1.807) is 12.3 Å². The van der Waals surface area contributed by atoms with E-state index in [9.17, 15) is 4.79 Å². The van der Waals surface area contributed by atoms with E-state index < -0.39 is 0 Å². The monoisotopic (exact) mass is 470 g/mol. The van der Waals surface area contributed by atoms with Gasteiger partial charge in [-0.15, -0.1) is 0 Å². The number of carbonyl (C=O) groups excluding carboxylic acids is 1. The molecule has 0 radical (unpaired) electrons. The smallest absolute Gasteiger partial charge is 0.255 e. The molecule has 0 spiro atoms. The number of pyridine rings is 1. The van der Waals surface area contributed by atoms with Crippen LogP contribution in [-0.4, -0.2) is 36.1 Å². The lowest BCUT2D eigenvalue weighted by Gasteiger charge is -2.21. The van der Waals surface area contributed by atoms with Crippen molar-refractivity contribution in [3.63, 3.8) is 0 Å². The van der Waals surface area contributed by atoms with Crippen LogP contribution in [0.15, 0.2) is 65.2 Å². The molecule has 7 heteroatoms. The van der Waals surface area contributed by atoms with Gasteiger partial charge in [-0.25, -0.2) is 4.98 Å². The number of anilines is 1. The van der Waals surface area contributed by atoms with Crippen LogP contribution in [0.1, 0.15) is 34.0 Å². The molecule has 5 rings (SSSR count). The Balaban J connectivity index is 1.28. The lowest BCUT2D eigenvalue weighted by Crippen LogP contribution is -2.44. The van der Waals surface area contributed by atoms with Crippen LogP contribution in [0.5, 0.6) is 0 Å². The minimum Gasteiger partial charge on any atom is -0.456 e. The molecule has 1 saturated heterocycles. The SMILES string of the molecule is CCc1cc(CO[C@H]2CNC[C@@H]2NC(=O)c2cc(-c3cc4ccccc4o3)cnc2N)ccc1C. The predicted octanol–water partition coefficient (Wildman–Crippen LogP) is 4.23. The first-order valence-electron chi connectivity index (χ1n) is 12.0. The molecule has 4 N–H and O–H groups in total. The topological polar surface area (TPSA) is 102 Å². The molecule has 2 atom stereocenters. The Morgan fingerprint density at radius 1 is 1.20 bits per heavy atom. The molecule has 2 aromatic carbocycles. The molecule has 1 fully saturated rings. The lowest BCUT2D eigenvalue weighted by molar-refractivity contribution is 0.0357. The number of nitrogens with two attached hydrogens (primary N) is 1. The van der Waals surface area contributed by atoms with Crippen molar-refractivity contribution in [2.24, 2.45) is 0 Å². The molecular weight excluding hydrogens is 440 g/mol. The third-order valence-corrected chi connectivity index (χ3v) is 6.61. The second-order valence-corrected chi connectivity index (χ2v) is 9.01. The molecule has 7 nitrogen and oxygen atoms in total. The number of furan rings is 1. The number of hydrogen-bond acceptors (Lipinski definition) is 6. The van der Waals surface area contributed by atoms with E-state index in [1.807, 2.05) is 30.3 Å². The molecule has 3 heterocycles. The van der Waals surface area contributed by atoms with Gasteiger partial charge in [0.15, 0.2) is 0 Å². The fraction of sp³-hybridized carbons (Fsp3) is 0.286. The quantitative estimate of drug-likeness (QED) is 0.374. The van der Waals surface area contributed by atoms with Crippen molar-refractivity contribution >= 4 is 22.7 Å². The maximum atomic E-state index is 13.2. The van der Waals surface area contributed by atoms with Gasteiger partial charge in [0.2, 0.25) is 0 Å². The second kappa shape index (κ2) is 9.90. The zero-order valence-corrected chi connectivity index (χ0v) is 20.0. The summed E-state index contributed by atoms with van der Waals surface area (Å²) in [6, 6.07) is 17.7. The first kappa shape index (κ1) is 23.1. The predicted molar refractivity (Wildman–Crippen MR) is 137 cm³/mol. The van der Waals surface area contributed by atoms with E-state index >= 15 is 0 Å². The van der Waals surface area contributed by atoms with Crippen LogP contribution in [0.4, 0.5) is 5.82 Å². The lowest BCUT2D eigenvalue weighted by atomic mass is 10.0. The molecule has 2 aromatic heterocycles. The van der Waals surface area contributed by atoms with Crippen molar-refractivity contribution in [1.29, 1.82) is 0 Å². The van der Waals surface area contributed by atoms with Crippen molar-refractivity contribution in [2.45, 2.75) is 39.0 Å². The van der Waals surface area contributed by atoms with Crippen LogP contribution in [0, 0.1) is 6.92 Å². The Bertz CT molecular complexity index is 1330. The van der Waals surface area contributed by atoms with Gasteiger partial charge in [0.05, 0.1) is 24.3 Å². The van der Waals surface area contributed by atoms with Gasteiger partial charge in [0.1, 0.15) is 17.2 Å². The number of benzene rings is 2. The molecule has 1 aliphatic heterocycles. The molecule has 180 valence electrons. The number of fused-ring (bicyclic) bond motifs is 1. The third kappa shape index (κ3) is 4.92. The highest BCUT2D eigenvalue weighted by molar-refractivity contribution is 5.99. The van der Waals surface area contributed by atoms with E-state index in [-0.39, 0.29) is 23.9 Å². The fourth-order valence-electron chi connectivity index (χ4n) is 4.53. The standard InChI is InChI=1S/C28H30N4O3/c1-3-19-10-18(9-8-17(19)2)16-34-26-15-30-14-23(26)32-28(33)22-11-21(13-31-27(22)29)25-12-20-6-4-5-7-24(20)35-25/h4-13,23,26,30H,3,14-16H2,1-2H3,(H2,29,31)(H,32,33)/t23-,26-/m0/s1. The van der Waals surface area contributed by atoms with E-state index in [0.717, 1.165) is 23.0 Å². The van der Waals surface area contributed by atoms with Crippen molar-refractivity contribution in [2.75, 3.05) is 18.8 Å². The van der Waals surface area contributed by atoms with Crippen LogP contribution in [0.2, 0.25) is 0 Å². The number of nitrogens with zero attached hydrogens (tertiary/aromatic N) is 1. The zero-order chi connectivity index (χ0) is 24.4. The van der Waals surface area contributed by atoms with Gasteiger partial charge in [-0.1, -0.05) is 43.3 Å². The highest BCUT2D eigenvalue weighted by Gasteiger charge is 2.30. The van der Waals surface area contributed by atoms with E-state index in [4.69, 9.17) is 14.9 Å². The normalized spacial score (nSPS) is 17.7. The van der Waals surface area contributed by atoms with Gasteiger partial charge in [0, 0.05) is 30.2 Å². The number of aromatic nitrogens is 1. The molecule has 0 bridgehead atoms. The Morgan fingerprint density at radius 2 is 2.06 bits per heavy atom. The molecule has 1 aliphatic rings. The zero-order valence-electron chi connectivity index (χ0n) is 20.0. The summed E-state index contributed by atoms with van der Waals surface area (Å²) in [7, 11) is 0. The summed E-state index contributed by atoms with van der Waals surface area (Å²) in [5, 5.41) is 7.38. The Kier molecular flexibility index (Phi) is 6.53. The molecule has 0 unspecified atom stereocenters. The van der Waals surface area contributed by atoms with Gasteiger partial charge >= 0.3 is 0 Å². The Hall–Kier alpha value is -3.68. The number of para-hydroxylation sites is 1. The van der Waals surface area contributed by atoms with Crippen molar-refractivity contribution in [1.82, 2.24) is 15.6 Å². The van der Waals surface area contributed by atoms with Crippen LogP contribution in [0.3, 0.4) is 0 Å². The highest BCUT2D eigenvalue weighted by atomic mass is 16.5. The summed E-state index contributed by atoms with van der Waals surface area (Å²) in [5.74, 6) is 0.539. The largest absolute Gasteiger partial charge is 0.456 e. The summed E-state index contributed by atoms with van der Waals surface area (Å²) in [4.78, 5) is 17.4. The fourth-order valence-corrected chi connectivity index (χ4v) is 4.53. The molecule has 0 saturated carbocycles. The van der Waals surface area contributed by atoms with Crippen LogP contribution in [-0.2, 0) is 17.8 Å². The van der Waals surface area contributed by atoms with E-state index in [1.165, 1.54) is 11.1 Å². The van der Waals surface area contributed by atoms with Crippen LogP contribution in [0.25, 0.3) is 22.3 Å². The molecule has 0 aliphatic carbocycles. The summed E-state index contributed by atoms with van der Waals surface area (Å²) in [6.07, 6.45) is 2.48. The second-order valence-electron chi connectivity index (χ2n) is 9.01. The van der Waals surface area contributed by atoms with Crippen LogP contribution < -0.4 is 16.4 Å². The Labute approximate surface area is 204 Å². The number of carbonyl (C=O) groups is 1. The van der Waals surface area contributed by atoms with E-state index in [2.05, 4.69) is 47.7 Å². The van der Waals surface area contributed by atoms with Gasteiger partial charge in [-0.05, 0) is 48.2 Å². The number of rotatable bonds is 7. The number of nitrogens with one attached hydrogen (secondary N) is 2. The Morgan fingerprint density at radius 3 is 2.89 bits per heavy atom. The first-order valence-corrected chi connectivity index (χ1v) is 12.0. The minimum atomic E-state index is -0.279. The molecular formula is C28H30N4O3. The van der Waals surface area contributed by atoms with Crippen molar-refractivity contribution < 1.29 is 13.9 Å². The average Bonchev–Trinajstić information content (AvgIpc) is 3.50. The van der Waals surface area contributed by atoms with Gasteiger partial charge < -0.3 is 25.5 Å². The van der Waals surface area contributed by atoms with Gasteiger partial charge in [-0.2, -0.15) is 0 Å². The summed E-state index contributed by atoms with van der Waals surface area (Å²) in [5.41, 5.74) is 11.6.